The lowest BCUT2D eigenvalue weighted by Gasteiger charge is -2.15. The van der Waals surface area contributed by atoms with Crippen LogP contribution in [0.1, 0.15) is 31.5 Å². The Morgan fingerprint density at radius 2 is 1.87 bits per heavy atom. The van der Waals surface area contributed by atoms with Crippen molar-refractivity contribution < 1.29 is 9.59 Å². The van der Waals surface area contributed by atoms with Crippen LogP contribution in [0.3, 0.4) is 0 Å². The van der Waals surface area contributed by atoms with Crippen molar-refractivity contribution in [2.45, 2.75) is 12.0 Å². The van der Waals surface area contributed by atoms with Crippen LogP contribution in [0.25, 0.3) is 0 Å². The van der Waals surface area contributed by atoms with E-state index in [1.807, 2.05) is 30.3 Å². The summed E-state index contributed by atoms with van der Waals surface area (Å²) < 4.78 is 0. The number of carbonyl (C=O) groups is 2. The molecule has 0 unspecified atom stereocenters. The molecule has 1 aliphatic rings. The molecular weight excluding hydrogens is 334 g/mol. The Morgan fingerprint density at radius 3 is 2.48 bits per heavy atom. The molecule has 122 valence electrons. The van der Waals surface area contributed by atoms with Gasteiger partial charge in [-0.3, -0.25) is 9.59 Å². The van der Waals surface area contributed by atoms with Gasteiger partial charge in [-0.1, -0.05) is 30.3 Å². The average molecular weight is 352 g/mol. The molecule has 0 radical (unpaired) electrons. The predicted octanol–water partition coefficient (Wildman–Crippen LogP) is 1.84. The third kappa shape index (κ3) is 3.55. The summed E-state index contributed by atoms with van der Waals surface area (Å²) in [6.45, 7) is 1.11. The maximum atomic E-state index is 12.5. The number of primary amides is 1. The molecule has 2 heterocycles. The minimum absolute atomic E-state index is 0. The fourth-order valence-corrected chi connectivity index (χ4v) is 3.64. The van der Waals surface area contributed by atoms with Gasteiger partial charge in [0.05, 0.1) is 10.4 Å². The molecule has 2 aromatic rings. The molecule has 0 aliphatic carbocycles. The van der Waals surface area contributed by atoms with Crippen LogP contribution < -0.4 is 11.5 Å². The second-order valence-electron chi connectivity index (χ2n) is 5.46. The van der Waals surface area contributed by atoms with Gasteiger partial charge in [0.15, 0.2) is 0 Å². The van der Waals surface area contributed by atoms with Crippen molar-refractivity contribution in [1.29, 1.82) is 0 Å². The number of thiophene rings is 1. The van der Waals surface area contributed by atoms with E-state index in [1.54, 1.807) is 16.3 Å². The van der Waals surface area contributed by atoms with Crippen LogP contribution in [0, 0.1) is 0 Å². The standard InChI is InChI=1S/C16H17N3O2S.ClH/c17-13-8-19(7-12(13)10-4-2-1-3-5-10)16(21)14-6-11(9-22-14)15(18)20;/h1-6,9,12-13H,7-8,17H2,(H2,18,20);1H/t12-,13+;/m0./s1. The summed E-state index contributed by atoms with van der Waals surface area (Å²) in [6.07, 6.45) is 0. The van der Waals surface area contributed by atoms with Gasteiger partial charge >= 0.3 is 0 Å². The van der Waals surface area contributed by atoms with Crippen LogP contribution in [0.2, 0.25) is 0 Å². The smallest absolute Gasteiger partial charge is 0.264 e. The fourth-order valence-electron chi connectivity index (χ4n) is 2.78. The maximum Gasteiger partial charge on any atom is 0.264 e. The largest absolute Gasteiger partial charge is 0.366 e. The van der Waals surface area contributed by atoms with E-state index in [9.17, 15) is 9.59 Å². The first-order valence-electron chi connectivity index (χ1n) is 7.04. The van der Waals surface area contributed by atoms with Gasteiger partial charge in [-0.05, 0) is 11.6 Å². The van der Waals surface area contributed by atoms with E-state index in [1.165, 1.54) is 11.3 Å². The first-order valence-corrected chi connectivity index (χ1v) is 7.92. The molecule has 0 saturated carbocycles. The number of nitrogens with zero attached hydrogens (tertiary/aromatic N) is 1. The Bertz CT molecular complexity index is 704. The van der Waals surface area contributed by atoms with Gasteiger partial charge in [0.1, 0.15) is 0 Å². The van der Waals surface area contributed by atoms with Crippen molar-refractivity contribution in [1.82, 2.24) is 4.90 Å². The first kappa shape index (κ1) is 17.5. The van der Waals surface area contributed by atoms with E-state index in [2.05, 4.69) is 0 Å². The third-order valence-electron chi connectivity index (χ3n) is 3.97. The number of amides is 2. The van der Waals surface area contributed by atoms with Gasteiger partial charge in [0.2, 0.25) is 5.91 Å². The predicted molar refractivity (Wildman–Crippen MR) is 93.1 cm³/mol. The highest BCUT2D eigenvalue weighted by Crippen LogP contribution is 2.28. The molecule has 0 spiro atoms. The van der Waals surface area contributed by atoms with Gasteiger partial charge in [0, 0.05) is 30.4 Å². The minimum atomic E-state index is -0.518. The monoisotopic (exact) mass is 351 g/mol. The molecule has 1 aliphatic heterocycles. The minimum Gasteiger partial charge on any atom is -0.366 e. The molecule has 1 aromatic heterocycles. The Hall–Kier alpha value is -1.89. The molecule has 3 rings (SSSR count). The van der Waals surface area contributed by atoms with Crippen molar-refractivity contribution in [2.24, 2.45) is 11.5 Å². The van der Waals surface area contributed by atoms with Crippen molar-refractivity contribution >= 4 is 35.6 Å². The molecule has 4 N–H and O–H groups in total. The summed E-state index contributed by atoms with van der Waals surface area (Å²) in [5, 5.41) is 1.61. The first-order chi connectivity index (χ1) is 10.6. The van der Waals surface area contributed by atoms with Crippen LogP contribution in [0.4, 0.5) is 0 Å². The van der Waals surface area contributed by atoms with E-state index < -0.39 is 5.91 Å². The van der Waals surface area contributed by atoms with E-state index in [0.717, 1.165) is 5.56 Å². The summed E-state index contributed by atoms with van der Waals surface area (Å²) >= 11 is 1.24. The SMILES string of the molecule is Cl.NC(=O)c1csc(C(=O)N2C[C@@H](N)[C@H](c3ccccc3)C2)c1. The van der Waals surface area contributed by atoms with Gasteiger partial charge < -0.3 is 16.4 Å². The van der Waals surface area contributed by atoms with Crippen molar-refractivity contribution in [2.75, 3.05) is 13.1 Å². The Labute approximate surface area is 144 Å². The summed E-state index contributed by atoms with van der Waals surface area (Å²) in [5.41, 5.74) is 12.9. The molecule has 2 amide bonds. The normalized spacial score (nSPS) is 20.1. The van der Waals surface area contributed by atoms with Gasteiger partial charge in [-0.2, -0.15) is 0 Å². The number of hydrogen-bond acceptors (Lipinski definition) is 4. The number of carbonyl (C=O) groups excluding carboxylic acids is 2. The zero-order valence-corrected chi connectivity index (χ0v) is 14.0. The summed E-state index contributed by atoms with van der Waals surface area (Å²) in [6, 6.07) is 11.5. The molecule has 0 bridgehead atoms. The molecule has 2 atom stereocenters. The molecular formula is C16H18ClN3O2S. The molecule has 5 nitrogen and oxygen atoms in total. The van der Waals surface area contributed by atoms with E-state index in [0.29, 0.717) is 23.5 Å². The van der Waals surface area contributed by atoms with Crippen molar-refractivity contribution in [3.05, 3.63) is 57.8 Å². The Kier molecular flexibility index (Phi) is 5.41. The molecule has 1 saturated heterocycles. The van der Waals surface area contributed by atoms with Crippen molar-refractivity contribution in [3.8, 4) is 0 Å². The molecule has 23 heavy (non-hydrogen) atoms. The summed E-state index contributed by atoms with van der Waals surface area (Å²) in [5.74, 6) is -0.470. The van der Waals surface area contributed by atoms with E-state index in [4.69, 9.17) is 11.5 Å². The quantitative estimate of drug-likeness (QED) is 0.884. The number of hydrogen-bond donors (Lipinski definition) is 2. The number of likely N-dealkylation sites (tertiary alicyclic amines) is 1. The van der Waals surface area contributed by atoms with E-state index in [-0.39, 0.29) is 30.3 Å². The van der Waals surface area contributed by atoms with Gasteiger partial charge in [-0.15, -0.1) is 23.7 Å². The molecule has 1 fully saturated rings. The van der Waals surface area contributed by atoms with Crippen LogP contribution in [0.15, 0.2) is 41.8 Å². The summed E-state index contributed by atoms with van der Waals surface area (Å²) in [4.78, 5) is 25.9. The molecule has 7 heteroatoms. The lowest BCUT2D eigenvalue weighted by Crippen LogP contribution is -2.31. The van der Waals surface area contributed by atoms with Crippen molar-refractivity contribution in [3.63, 3.8) is 0 Å². The van der Waals surface area contributed by atoms with Gasteiger partial charge in [0.25, 0.3) is 5.91 Å². The Balaban J connectivity index is 0.00000192. The lowest BCUT2D eigenvalue weighted by molar-refractivity contribution is 0.0794. The zero-order valence-electron chi connectivity index (χ0n) is 12.3. The van der Waals surface area contributed by atoms with Crippen LogP contribution >= 0.6 is 23.7 Å². The number of nitrogens with two attached hydrogens (primary N) is 2. The lowest BCUT2D eigenvalue weighted by atomic mass is 9.95. The van der Waals surface area contributed by atoms with Crippen LogP contribution in [0.5, 0.6) is 0 Å². The molecule has 1 aromatic carbocycles. The highest BCUT2D eigenvalue weighted by molar-refractivity contribution is 7.12. The highest BCUT2D eigenvalue weighted by atomic mass is 35.5. The second-order valence-corrected chi connectivity index (χ2v) is 6.37. The Morgan fingerprint density at radius 1 is 1.17 bits per heavy atom. The maximum absolute atomic E-state index is 12.5. The van der Waals surface area contributed by atoms with Crippen LogP contribution in [-0.2, 0) is 0 Å². The van der Waals surface area contributed by atoms with Crippen LogP contribution in [-0.4, -0.2) is 35.8 Å². The second kappa shape index (κ2) is 7.12. The number of rotatable bonds is 3. The topological polar surface area (TPSA) is 89.4 Å². The van der Waals surface area contributed by atoms with Gasteiger partial charge in [-0.25, -0.2) is 0 Å². The average Bonchev–Trinajstić information content (AvgIpc) is 3.14. The summed E-state index contributed by atoms with van der Waals surface area (Å²) in [7, 11) is 0. The van der Waals surface area contributed by atoms with E-state index >= 15 is 0 Å². The number of benzene rings is 1. The fraction of sp³-hybridized carbons (Fsp3) is 0.250. The third-order valence-corrected chi connectivity index (χ3v) is 4.89. The number of halogens is 1. The highest BCUT2D eigenvalue weighted by Gasteiger charge is 2.34. The zero-order chi connectivity index (χ0) is 15.7.